The molecule has 1 fully saturated rings. The third-order valence-corrected chi connectivity index (χ3v) is 8.65. The van der Waals surface area contributed by atoms with Crippen LogP contribution in [0, 0.1) is 6.92 Å². The number of hydrogen-bond donors (Lipinski definition) is 3. The first kappa shape index (κ1) is 29.8. The Morgan fingerprint density at radius 3 is 2.74 bits per heavy atom. The first-order valence-electron chi connectivity index (χ1n) is 12.2. The molecule has 206 valence electrons. The molecule has 4 rings (SSSR count). The van der Waals surface area contributed by atoms with Crippen molar-refractivity contribution in [3.05, 3.63) is 51.7 Å². The van der Waals surface area contributed by atoms with E-state index < -0.39 is 11.9 Å². The molecular weight excluding hydrogens is 545 g/mol. The first-order chi connectivity index (χ1) is 18.3. The monoisotopic (exact) mass is 578 g/mol. The zero-order valence-corrected chi connectivity index (χ0v) is 24.8. The molecule has 2 aromatic rings. The maximum Gasteiger partial charge on any atom is 0.276 e. The van der Waals surface area contributed by atoms with Gasteiger partial charge in [0.2, 0.25) is 0 Å². The van der Waals surface area contributed by atoms with Crippen LogP contribution in [0.1, 0.15) is 44.0 Å². The number of thiazole rings is 1. The molecule has 0 bridgehead atoms. The molecule has 0 spiro atoms. The summed E-state index contributed by atoms with van der Waals surface area (Å²) in [6.07, 6.45) is 3.23. The number of aromatic nitrogens is 1. The van der Waals surface area contributed by atoms with E-state index in [0.717, 1.165) is 39.2 Å². The Balaban J connectivity index is 0.00000195. The van der Waals surface area contributed by atoms with Gasteiger partial charge in [0.05, 0.1) is 5.69 Å². The number of aryl methyl sites for hydroxylation is 1. The second-order valence-electron chi connectivity index (χ2n) is 8.20. The molecule has 0 radical (unpaired) electrons. The fraction of sp³-hybridized carbons (Fsp3) is 0.440. The number of anilines is 2. The molecule has 0 saturated carbocycles. The van der Waals surface area contributed by atoms with Crippen LogP contribution in [0.2, 0.25) is 0 Å². The number of fused-ring (bicyclic) bond motifs is 1. The second-order valence-corrected chi connectivity index (χ2v) is 10.9. The summed E-state index contributed by atoms with van der Waals surface area (Å²) >= 11 is 4.05. The number of thioether (sulfide) groups is 1. The molecule has 2 aliphatic heterocycles. The van der Waals surface area contributed by atoms with E-state index in [-0.39, 0.29) is 17.0 Å². The highest BCUT2D eigenvalue weighted by molar-refractivity contribution is 8.00. The van der Waals surface area contributed by atoms with E-state index in [4.69, 9.17) is 10.6 Å². The molecule has 3 heterocycles. The minimum atomic E-state index is -0.660. The van der Waals surface area contributed by atoms with Crippen molar-refractivity contribution in [1.29, 1.82) is 0 Å². The number of hydrogen-bond acceptors (Lipinski definition) is 11. The van der Waals surface area contributed by atoms with Crippen LogP contribution in [0.5, 0.6) is 0 Å². The Kier molecular flexibility index (Phi) is 10.5. The minimum absolute atomic E-state index is 0.0219. The van der Waals surface area contributed by atoms with E-state index in [2.05, 4.69) is 15.5 Å². The number of nitrogens with zero attached hydrogens (tertiary/aromatic N) is 4. The number of carbonyl (C=O) groups is 2. The fourth-order valence-electron chi connectivity index (χ4n) is 4.30. The maximum atomic E-state index is 13.2. The molecule has 2 atom stereocenters. The van der Waals surface area contributed by atoms with E-state index in [0.29, 0.717) is 17.2 Å². The SMILES string of the molecule is CC.CCC1=C(Cc2ccc(N(O)SC)cc2C)CSC2C(NC(=O)/C(=N\OC)c3csc(N)n3)C(=O)N12. The number of amides is 2. The Morgan fingerprint density at radius 1 is 1.42 bits per heavy atom. The molecule has 1 aromatic heterocycles. The lowest BCUT2D eigenvalue weighted by atomic mass is 9.95. The van der Waals surface area contributed by atoms with Crippen LogP contribution in [-0.2, 0) is 20.8 Å². The molecule has 2 aliphatic rings. The summed E-state index contributed by atoms with van der Waals surface area (Å²) in [6.45, 7) is 8.06. The fourth-order valence-corrected chi connectivity index (χ4v) is 6.57. The summed E-state index contributed by atoms with van der Waals surface area (Å²) < 4.78 is 1.13. The van der Waals surface area contributed by atoms with Gasteiger partial charge in [-0.05, 0) is 60.5 Å². The summed E-state index contributed by atoms with van der Waals surface area (Å²) in [5, 5.41) is 18.3. The number of carbonyl (C=O) groups excluding carboxylic acids is 2. The summed E-state index contributed by atoms with van der Waals surface area (Å²) in [6, 6.07) is 5.20. The first-order valence-corrected chi connectivity index (χ1v) is 15.3. The van der Waals surface area contributed by atoms with Gasteiger partial charge in [0, 0.05) is 23.1 Å². The maximum absolute atomic E-state index is 13.2. The summed E-state index contributed by atoms with van der Waals surface area (Å²) in [4.78, 5) is 36.8. The van der Waals surface area contributed by atoms with Crippen molar-refractivity contribution in [2.75, 3.05) is 29.3 Å². The van der Waals surface area contributed by atoms with Gasteiger partial charge in [0.25, 0.3) is 11.8 Å². The number of oxime groups is 1. The average molecular weight is 579 g/mol. The normalized spacial score (nSPS) is 18.8. The minimum Gasteiger partial charge on any atom is -0.398 e. The van der Waals surface area contributed by atoms with Crippen molar-refractivity contribution in [2.45, 2.75) is 52.0 Å². The van der Waals surface area contributed by atoms with Crippen molar-refractivity contribution in [3.63, 3.8) is 0 Å². The smallest absolute Gasteiger partial charge is 0.276 e. The lowest BCUT2D eigenvalue weighted by Gasteiger charge is -2.50. The van der Waals surface area contributed by atoms with Crippen molar-refractivity contribution in [3.8, 4) is 0 Å². The van der Waals surface area contributed by atoms with E-state index in [1.807, 2.05) is 45.9 Å². The highest BCUT2D eigenvalue weighted by Gasteiger charge is 2.52. The number of nitrogens with one attached hydrogen (secondary N) is 1. The van der Waals surface area contributed by atoms with Gasteiger partial charge >= 0.3 is 0 Å². The quantitative estimate of drug-likeness (QED) is 0.173. The zero-order chi connectivity index (χ0) is 28.0. The third-order valence-electron chi connectivity index (χ3n) is 6.08. The summed E-state index contributed by atoms with van der Waals surface area (Å²) in [5.41, 5.74) is 11.1. The predicted octanol–water partition coefficient (Wildman–Crippen LogP) is 4.19. The van der Waals surface area contributed by atoms with Gasteiger partial charge in [-0.2, -0.15) is 4.47 Å². The van der Waals surface area contributed by atoms with E-state index >= 15 is 0 Å². The zero-order valence-electron chi connectivity index (χ0n) is 22.3. The highest BCUT2D eigenvalue weighted by atomic mass is 32.2. The van der Waals surface area contributed by atoms with Crippen LogP contribution >= 0.6 is 35.0 Å². The number of benzene rings is 1. The van der Waals surface area contributed by atoms with Crippen molar-refractivity contribution in [2.24, 2.45) is 5.16 Å². The van der Waals surface area contributed by atoms with Gasteiger partial charge in [0.15, 0.2) is 10.8 Å². The standard InChI is InChI=1S/C23H28N6O4S3.C2H6/c1-5-17-14(9-13-6-7-15(8-12(13)2)29(32)34-4)10-35-22-19(21(31)28(17)22)26-20(30)18(27-33-3)16-11-36-23(24)25-16;1-2/h6-8,11,19,22,32H,5,9-10H2,1-4H3,(H2,24,25)(H,26,30);1-2H3/b27-18-;. The molecule has 1 saturated heterocycles. The lowest BCUT2D eigenvalue weighted by molar-refractivity contribution is -0.145. The Labute approximate surface area is 235 Å². The van der Waals surface area contributed by atoms with Gasteiger partial charge < -0.3 is 15.9 Å². The number of β-lactam (4-membered cyclic amide) rings is 1. The Morgan fingerprint density at radius 2 is 2.16 bits per heavy atom. The van der Waals surface area contributed by atoms with Crippen LogP contribution in [0.4, 0.5) is 10.8 Å². The topological polar surface area (TPSA) is 133 Å². The molecule has 13 heteroatoms. The van der Waals surface area contributed by atoms with Gasteiger partial charge in [0.1, 0.15) is 24.2 Å². The lowest BCUT2D eigenvalue weighted by Crippen LogP contribution is -2.70. The van der Waals surface area contributed by atoms with Crippen molar-refractivity contribution in [1.82, 2.24) is 15.2 Å². The van der Waals surface area contributed by atoms with Gasteiger partial charge in [-0.3, -0.25) is 19.7 Å². The number of nitrogens with two attached hydrogens (primary N) is 1. The largest absolute Gasteiger partial charge is 0.398 e. The third kappa shape index (κ3) is 6.11. The van der Waals surface area contributed by atoms with E-state index in [1.165, 1.54) is 36.0 Å². The molecule has 4 N–H and O–H groups in total. The summed E-state index contributed by atoms with van der Waals surface area (Å²) in [5.74, 6) is 0.0731. The molecule has 2 amide bonds. The molecular formula is C25H34N6O4S3. The molecule has 2 unspecified atom stereocenters. The van der Waals surface area contributed by atoms with Crippen molar-refractivity contribution < 1.29 is 19.6 Å². The van der Waals surface area contributed by atoms with Gasteiger partial charge in [-0.25, -0.2) is 4.98 Å². The van der Waals surface area contributed by atoms with Gasteiger partial charge in [-0.15, -0.1) is 23.1 Å². The number of allylic oxidation sites excluding steroid dienone is 1. The highest BCUT2D eigenvalue weighted by Crippen LogP contribution is 2.42. The number of rotatable bonds is 9. The van der Waals surface area contributed by atoms with E-state index in [9.17, 15) is 14.8 Å². The van der Waals surface area contributed by atoms with Gasteiger partial charge in [-0.1, -0.05) is 32.0 Å². The molecule has 10 nitrogen and oxygen atoms in total. The summed E-state index contributed by atoms with van der Waals surface area (Å²) in [7, 11) is 1.34. The number of nitrogen functional groups attached to an aromatic ring is 1. The van der Waals surface area contributed by atoms with Crippen LogP contribution in [-0.4, -0.2) is 63.2 Å². The van der Waals surface area contributed by atoms with Crippen LogP contribution in [0.15, 0.2) is 40.0 Å². The Hall–Kier alpha value is -2.74. The van der Waals surface area contributed by atoms with Crippen molar-refractivity contribution >= 4 is 63.4 Å². The Bertz CT molecular complexity index is 1230. The molecule has 38 heavy (non-hydrogen) atoms. The van der Waals surface area contributed by atoms with Crippen LogP contribution in [0.25, 0.3) is 0 Å². The van der Waals surface area contributed by atoms with Crippen LogP contribution < -0.4 is 15.5 Å². The molecule has 0 aliphatic carbocycles. The average Bonchev–Trinajstić information content (AvgIpc) is 3.37. The van der Waals surface area contributed by atoms with Crippen LogP contribution in [0.3, 0.4) is 0 Å². The van der Waals surface area contributed by atoms with E-state index in [1.54, 1.807) is 28.3 Å². The second kappa shape index (κ2) is 13.4. The molecule has 1 aromatic carbocycles. The predicted molar refractivity (Wildman–Crippen MR) is 156 cm³/mol.